The Morgan fingerprint density at radius 3 is 2.43 bits per heavy atom. The predicted molar refractivity (Wildman–Crippen MR) is 55.4 cm³/mol. The maximum Gasteiger partial charge on any atom is 0.123 e. The normalized spacial score (nSPS) is 10.1. The van der Waals surface area contributed by atoms with Crippen LogP contribution in [0.2, 0.25) is 0 Å². The van der Waals surface area contributed by atoms with Crippen LogP contribution in [0.15, 0.2) is 42.5 Å². The van der Waals surface area contributed by atoms with Gasteiger partial charge in [-0.2, -0.15) is 0 Å². The lowest BCUT2D eigenvalue weighted by Crippen LogP contribution is -1.83. The fourth-order valence-corrected chi connectivity index (χ4v) is 1.45. The molecule has 69 valence electrons. The highest BCUT2D eigenvalue weighted by Crippen LogP contribution is 2.22. The van der Waals surface area contributed by atoms with Crippen LogP contribution in [0.1, 0.15) is 5.56 Å². The Bertz CT molecular complexity index is 429. The zero-order valence-electron chi connectivity index (χ0n) is 7.92. The second-order valence-electron chi connectivity index (χ2n) is 3.24. The average molecular weight is 185 g/mol. The monoisotopic (exact) mass is 185 g/mol. The van der Waals surface area contributed by atoms with Gasteiger partial charge in [0.1, 0.15) is 5.82 Å². The molecule has 1 radical (unpaired) electrons. The first kappa shape index (κ1) is 8.95. The lowest BCUT2D eigenvalue weighted by Gasteiger charge is -2.04. The number of rotatable bonds is 1. The first-order valence-electron chi connectivity index (χ1n) is 4.50. The molecule has 0 unspecified atom stereocenters. The van der Waals surface area contributed by atoms with Crippen molar-refractivity contribution in [3.05, 3.63) is 59.9 Å². The van der Waals surface area contributed by atoms with Crippen LogP contribution in [0.5, 0.6) is 0 Å². The summed E-state index contributed by atoms with van der Waals surface area (Å²) in [7, 11) is 0. The molecule has 0 nitrogen and oxygen atoms in total. The second kappa shape index (κ2) is 3.62. The van der Waals surface area contributed by atoms with E-state index in [-0.39, 0.29) is 5.82 Å². The van der Waals surface area contributed by atoms with Crippen molar-refractivity contribution in [2.75, 3.05) is 0 Å². The van der Waals surface area contributed by atoms with E-state index in [0.29, 0.717) is 0 Å². The molecular weight excluding hydrogens is 175 g/mol. The summed E-state index contributed by atoms with van der Waals surface area (Å²) in [5.41, 5.74) is 3.19. The van der Waals surface area contributed by atoms with E-state index in [9.17, 15) is 4.39 Å². The number of halogens is 1. The molecule has 14 heavy (non-hydrogen) atoms. The van der Waals surface area contributed by atoms with Crippen LogP contribution in [-0.2, 0) is 0 Å². The molecule has 0 N–H and O–H groups in total. The first-order chi connectivity index (χ1) is 6.77. The number of hydrogen-bond acceptors (Lipinski definition) is 0. The summed E-state index contributed by atoms with van der Waals surface area (Å²) < 4.78 is 12.7. The molecule has 2 aromatic rings. The van der Waals surface area contributed by atoms with Crippen LogP contribution >= 0.6 is 0 Å². The third-order valence-corrected chi connectivity index (χ3v) is 2.20. The van der Waals surface area contributed by atoms with Crippen molar-refractivity contribution in [1.82, 2.24) is 0 Å². The zero-order chi connectivity index (χ0) is 9.97. The van der Waals surface area contributed by atoms with Crippen molar-refractivity contribution in [2.45, 2.75) is 6.92 Å². The molecule has 2 rings (SSSR count). The third-order valence-electron chi connectivity index (χ3n) is 2.20. The Labute approximate surface area is 83.0 Å². The lowest BCUT2D eigenvalue weighted by atomic mass is 10.0. The SMILES string of the molecule is Cc1ccc[c]c1-c1ccc(F)cc1. The van der Waals surface area contributed by atoms with Gasteiger partial charge >= 0.3 is 0 Å². The topological polar surface area (TPSA) is 0 Å². The predicted octanol–water partition coefficient (Wildman–Crippen LogP) is 3.60. The van der Waals surface area contributed by atoms with Gasteiger partial charge < -0.3 is 0 Å². The van der Waals surface area contributed by atoms with Crippen LogP contribution in [-0.4, -0.2) is 0 Å². The largest absolute Gasteiger partial charge is 0.207 e. The van der Waals surface area contributed by atoms with E-state index >= 15 is 0 Å². The Kier molecular flexibility index (Phi) is 2.32. The molecule has 0 saturated heterocycles. The Hall–Kier alpha value is -1.63. The second-order valence-corrected chi connectivity index (χ2v) is 3.24. The Balaban J connectivity index is 2.50. The van der Waals surface area contributed by atoms with E-state index in [1.54, 1.807) is 12.1 Å². The molecule has 2 aromatic carbocycles. The van der Waals surface area contributed by atoms with Gasteiger partial charge in [-0.15, -0.1) is 0 Å². The summed E-state index contributed by atoms with van der Waals surface area (Å²) in [6.07, 6.45) is 0. The van der Waals surface area contributed by atoms with Gasteiger partial charge in [-0.3, -0.25) is 0 Å². The molecule has 0 bridgehead atoms. The van der Waals surface area contributed by atoms with Gasteiger partial charge in [0.05, 0.1) is 0 Å². The average Bonchev–Trinajstić information content (AvgIpc) is 2.20. The van der Waals surface area contributed by atoms with Crippen LogP contribution in [0.25, 0.3) is 11.1 Å². The lowest BCUT2D eigenvalue weighted by molar-refractivity contribution is 0.628. The number of aryl methyl sites for hydroxylation is 1. The fraction of sp³-hybridized carbons (Fsp3) is 0.0769. The smallest absolute Gasteiger partial charge is 0.123 e. The number of benzene rings is 2. The molecule has 0 heterocycles. The molecule has 0 amide bonds. The van der Waals surface area contributed by atoms with Gasteiger partial charge in [-0.05, 0) is 41.8 Å². The van der Waals surface area contributed by atoms with E-state index in [4.69, 9.17) is 0 Å². The summed E-state index contributed by atoms with van der Waals surface area (Å²) in [6.45, 7) is 2.02. The van der Waals surface area contributed by atoms with E-state index in [1.165, 1.54) is 12.1 Å². The summed E-state index contributed by atoms with van der Waals surface area (Å²) in [6, 6.07) is 15.5. The minimum absolute atomic E-state index is 0.206. The highest BCUT2D eigenvalue weighted by molar-refractivity contribution is 5.66. The van der Waals surface area contributed by atoms with Crippen molar-refractivity contribution in [2.24, 2.45) is 0 Å². The van der Waals surface area contributed by atoms with E-state index in [1.807, 2.05) is 25.1 Å². The summed E-state index contributed by atoms with van der Waals surface area (Å²) in [5.74, 6) is -0.206. The highest BCUT2D eigenvalue weighted by Gasteiger charge is 2.00. The van der Waals surface area contributed by atoms with Gasteiger partial charge in [0.25, 0.3) is 0 Å². The molecule has 0 atom stereocenters. The summed E-state index contributed by atoms with van der Waals surface area (Å²) in [4.78, 5) is 0. The molecule has 0 spiro atoms. The maximum absolute atomic E-state index is 12.7. The molecule has 0 aromatic heterocycles. The zero-order valence-corrected chi connectivity index (χ0v) is 7.92. The van der Waals surface area contributed by atoms with Crippen LogP contribution in [0.3, 0.4) is 0 Å². The molecule has 0 aliphatic rings. The standard InChI is InChI=1S/C13H10F/c1-10-4-2-3-5-13(10)11-6-8-12(14)9-7-11/h2-4,6-9H,1H3. The molecule has 0 aliphatic heterocycles. The molecule has 0 fully saturated rings. The van der Waals surface area contributed by atoms with Crippen molar-refractivity contribution in [3.8, 4) is 11.1 Å². The van der Waals surface area contributed by atoms with Gasteiger partial charge in [-0.25, -0.2) is 4.39 Å². The van der Waals surface area contributed by atoms with Crippen molar-refractivity contribution >= 4 is 0 Å². The van der Waals surface area contributed by atoms with Crippen molar-refractivity contribution in [3.63, 3.8) is 0 Å². The van der Waals surface area contributed by atoms with Gasteiger partial charge in [-0.1, -0.05) is 30.3 Å². The van der Waals surface area contributed by atoms with Crippen LogP contribution in [0.4, 0.5) is 4.39 Å². The van der Waals surface area contributed by atoms with E-state index in [0.717, 1.165) is 16.7 Å². The Morgan fingerprint density at radius 2 is 1.79 bits per heavy atom. The Morgan fingerprint density at radius 1 is 1.07 bits per heavy atom. The maximum atomic E-state index is 12.7. The van der Waals surface area contributed by atoms with Gasteiger partial charge in [0, 0.05) is 0 Å². The molecular formula is C13H10F. The molecule has 0 saturated carbocycles. The minimum atomic E-state index is -0.206. The first-order valence-corrected chi connectivity index (χ1v) is 4.50. The van der Waals surface area contributed by atoms with Crippen molar-refractivity contribution < 1.29 is 4.39 Å². The van der Waals surface area contributed by atoms with Crippen LogP contribution in [0, 0.1) is 18.8 Å². The quantitative estimate of drug-likeness (QED) is 0.636. The molecule has 1 heteroatoms. The van der Waals surface area contributed by atoms with E-state index in [2.05, 4.69) is 6.07 Å². The highest BCUT2D eigenvalue weighted by atomic mass is 19.1. The van der Waals surface area contributed by atoms with Crippen LogP contribution < -0.4 is 0 Å². The van der Waals surface area contributed by atoms with Crippen molar-refractivity contribution in [1.29, 1.82) is 0 Å². The molecule has 0 aliphatic carbocycles. The van der Waals surface area contributed by atoms with Gasteiger partial charge in [0.15, 0.2) is 0 Å². The number of hydrogen-bond donors (Lipinski definition) is 0. The summed E-state index contributed by atoms with van der Waals surface area (Å²) >= 11 is 0. The summed E-state index contributed by atoms with van der Waals surface area (Å²) in [5, 5.41) is 0. The minimum Gasteiger partial charge on any atom is -0.207 e. The third kappa shape index (κ3) is 1.67. The fourth-order valence-electron chi connectivity index (χ4n) is 1.45. The van der Waals surface area contributed by atoms with E-state index < -0.39 is 0 Å². The van der Waals surface area contributed by atoms with Gasteiger partial charge in [0.2, 0.25) is 0 Å².